The molecule has 3 nitrogen and oxygen atoms in total. The molecule has 0 fully saturated rings. The summed E-state index contributed by atoms with van der Waals surface area (Å²) in [5.74, 6) is 0.207. The quantitative estimate of drug-likeness (QED) is 0.383. The predicted molar refractivity (Wildman–Crippen MR) is 113 cm³/mol. The van der Waals surface area contributed by atoms with Gasteiger partial charge in [-0.1, -0.05) is 22.0 Å². The largest absolute Gasteiger partial charge is 0.507 e. The fourth-order valence-corrected chi connectivity index (χ4v) is 4.07. The number of aromatic hydroxyl groups is 1. The van der Waals surface area contributed by atoms with Crippen LogP contribution >= 0.6 is 27.3 Å². The number of halogens is 1. The Hall–Kier alpha value is -2.50. The van der Waals surface area contributed by atoms with E-state index < -0.39 is 0 Å². The summed E-state index contributed by atoms with van der Waals surface area (Å²) < 4.78 is 2.10. The van der Waals surface area contributed by atoms with Crippen molar-refractivity contribution in [3.05, 3.63) is 76.3 Å². The highest BCUT2D eigenvalue weighted by Gasteiger charge is 2.06. The summed E-state index contributed by atoms with van der Waals surface area (Å²) in [7, 11) is 0. The lowest BCUT2D eigenvalue weighted by Crippen LogP contribution is -1.82. The van der Waals surface area contributed by atoms with Crippen LogP contribution in [-0.2, 0) is 0 Å². The summed E-state index contributed by atoms with van der Waals surface area (Å²) >= 11 is 5.09. The monoisotopic (exact) mass is 422 g/mol. The summed E-state index contributed by atoms with van der Waals surface area (Å²) in [5, 5.41) is 10.9. The van der Waals surface area contributed by atoms with Gasteiger partial charge in [-0.3, -0.25) is 4.99 Å². The first-order chi connectivity index (χ1) is 12.6. The minimum Gasteiger partial charge on any atom is -0.507 e. The van der Waals surface area contributed by atoms with Crippen molar-refractivity contribution >= 4 is 49.4 Å². The average molecular weight is 423 g/mol. The number of benzene rings is 3. The topological polar surface area (TPSA) is 45.5 Å². The van der Waals surface area contributed by atoms with E-state index in [2.05, 4.69) is 46.0 Å². The molecular formula is C21H15BrN2OS. The van der Waals surface area contributed by atoms with E-state index in [1.807, 2.05) is 30.3 Å². The first-order valence-electron chi connectivity index (χ1n) is 8.09. The number of nitrogens with zero attached hydrogens (tertiary/aromatic N) is 2. The fraction of sp³-hybridized carbons (Fsp3) is 0.0476. The van der Waals surface area contributed by atoms with Gasteiger partial charge in [0.2, 0.25) is 0 Å². The minimum absolute atomic E-state index is 0.207. The smallest absolute Gasteiger partial charge is 0.124 e. The van der Waals surface area contributed by atoms with E-state index in [0.717, 1.165) is 26.2 Å². The predicted octanol–water partition coefficient (Wildman–Crippen LogP) is 6.49. The molecule has 0 saturated carbocycles. The summed E-state index contributed by atoms with van der Waals surface area (Å²) in [6.07, 6.45) is 1.66. The molecule has 128 valence electrons. The van der Waals surface area contributed by atoms with Crippen molar-refractivity contribution in [1.82, 2.24) is 4.98 Å². The van der Waals surface area contributed by atoms with Gasteiger partial charge in [-0.15, -0.1) is 11.3 Å². The number of rotatable bonds is 3. The van der Waals surface area contributed by atoms with Crippen LogP contribution in [0.5, 0.6) is 5.75 Å². The van der Waals surface area contributed by atoms with Gasteiger partial charge in [-0.2, -0.15) is 0 Å². The van der Waals surface area contributed by atoms with Crippen molar-refractivity contribution in [3.8, 4) is 16.3 Å². The number of aryl methyl sites for hydroxylation is 1. The normalized spacial score (nSPS) is 11.5. The lowest BCUT2D eigenvalue weighted by Gasteiger charge is -2.00. The minimum atomic E-state index is 0.207. The third-order valence-corrected chi connectivity index (χ3v) is 5.56. The summed E-state index contributed by atoms with van der Waals surface area (Å²) in [4.78, 5) is 9.16. The van der Waals surface area contributed by atoms with Crippen LogP contribution in [0, 0.1) is 6.92 Å². The molecule has 4 rings (SSSR count). The molecular weight excluding hydrogens is 408 g/mol. The fourth-order valence-electron chi connectivity index (χ4n) is 2.62. The van der Waals surface area contributed by atoms with E-state index in [0.29, 0.717) is 5.56 Å². The molecule has 1 aromatic heterocycles. The van der Waals surface area contributed by atoms with Gasteiger partial charge in [0.1, 0.15) is 10.8 Å². The van der Waals surface area contributed by atoms with Crippen molar-refractivity contribution < 1.29 is 5.11 Å². The van der Waals surface area contributed by atoms with Crippen LogP contribution in [0.25, 0.3) is 20.8 Å². The number of phenolic OH excluding ortho intramolecular Hbond substituents is 1. The van der Waals surface area contributed by atoms with Gasteiger partial charge < -0.3 is 5.11 Å². The molecule has 1 N–H and O–H groups in total. The lowest BCUT2D eigenvalue weighted by molar-refractivity contribution is 0.474. The van der Waals surface area contributed by atoms with Gasteiger partial charge in [0.25, 0.3) is 0 Å². The molecule has 0 atom stereocenters. The highest BCUT2D eigenvalue weighted by Crippen LogP contribution is 2.31. The number of aromatic nitrogens is 1. The van der Waals surface area contributed by atoms with Crippen LogP contribution in [0.2, 0.25) is 0 Å². The van der Waals surface area contributed by atoms with E-state index in [4.69, 9.17) is 4.98 Å². The molecule has 4 aromatic rings. The number of fused-ring (bicyclic) bond motifs is 1. The third kappa shape index (κ3) is 3.54. The summed E-state index contributed by atoms with van der Waals surface area (Å²) in [6.45, 7) is 2.09. The van der Waals surface area contributed by atoms with E-state index >= 15 is 0 Å². The van der Waals surface area contributed by atoms with Gasteiger partial charge in [-0.05, 0) is 67.1 Å². The van der Waals surface area contributed by atoms with Crippen molar-refractivity contribution in [2.75, 3.05) is 0 Å². The Morgan fingerprint density at radius 3 is 2.65 bits per heavy atom. The lowest BCUT2D eigenvalue weighted by atomic mass is 10.2. The molecule has 3 aromatic carbocycles. The maximum Gasteiger partial charge on any atom is 0.124 e. The SMILES string of the molecule is Cc1ccc2nc(-c3ccc(N=Cc4cc(Br)ccc4O)cc3)sc2c1. The zero-order valence-electron chi connectivity index (χ0n) is 14.0. The zero-order valence-corrected chi connectivity index (χ0v) is 16.4. The summed E-state index contributed by atoms with van der Waals surface area (Å²) in [6, 6.07) is 19.5. The molecule has 0 radical (unpaired) electrons. The molecule has 26 heavy (non-hydrogen) atoms. The van der Waals surface area contributed by atoms with E-state index in [-0.39, 0.29) is 5.75 Å². The van der Waals surface area contributed by atoms with E-state index in [1.165, 1.54) is 10.3 Å². The Labute approximate surface area is 163 Å². The maximum atomic E-state index is 9.88. The Kier molecular flexibility index (Phi) is 4.57. The number of phenols is 1. The van der Waals surface area contributed by atoms with E-state index in [9.17, 15) is 5.11 Å². The molecule has 0 saturated heterocycles. The number of hydrogen-bond donors (Lipinski definition) is 1. The Bertz CT molecular complexity index is 1120. The highest BCUT2D eigenvalue weighted by molar-refractivity contribution is 9.10. The molecule has 0 bridgehead atoms. The molecule has 0 aliphatic carbocycles. The molecule has 1 heterocycles. The maximum absolute atomic E-state index is 9.88. The molecule has 5 heteroatoms. The van der Waals surface area contributed by atoms with Gasteiger partial charge >= 0.3 is 0 Å². The van der Waals surface area contributed by atoms with Crippen molar-refractivity contribution in [1.29, 1.82) is 0 Å². The van der Waals surface area contributed by atoms with Crippen LogP contribution < -0.4 is 0 Å². The molecule has 0 amide bonds. The van der Waals surface area contributed by atoms with Crippen molar-refractivity contribution in [3.63, 3.8) is 0 Å². The number of hydrogen-bond acceptors (Lipinski definition) is 4. The van der Waals surface area contributed by atoms with Crippen LogP contribution in [0.1, 0.15) is 11.1 Å². The highest BCUT2D eigenvalue weighted by atomic mass is 79.9. The summed E-state index contributed by atoms with van der Waals surface area (Å²) in [5.41, 5.74) is 4.85. The van der Waals surface area contributed by atoms with Crippen LogP contribution in [0.15, 0.2) is 70.1 Å². The standard InChI is InChI=1S/C21H15BrN2OS/c1-13-2-8-18-20(10-13)26-21(24-18)14-3-6-17(7-4-14)23-12-15-11-16(22)5-9-19(15)25/h2-12,25H,1H3. The van der Waals surface area contributed by atoms with Gasteiger partial charge in [0.05, 0.1) is 15.9 Å². The van der Waals surface area contributed by atoms with Crippen LogP contribution in [-0.4, -0.2) is 16.3 Å². The molecule has 0 aliphatic heterocycles. The van der Waals surface area contributed by atoms with Crippen molar-refractivity contribution in [2.24, 2.45) is 4.99 Å². The second-order valence-corrected chi connectivity index (χ2v) is 7.94. The van der Waals surface area contributed by atoms with Crippen LogP contribution in [0.4, 0.5) is 5.69 Å². The number of aliphatic imine (C=N–C) groups is 1. The van der Waals surface area contributed by atoms with Crippen LogP contribution in [0.3, 0.4) is 0 Å². The zero-order chi connectivity index (χ0) is 18.1. The molecule has 0 aliphatic rings. The number of thiazole rings is 1. The average Bonchev–Trinajstić information content (AvgIpc) is 3.06. The van der Waals surface area contributed by atoms with E-state index in [1.54, 1.807) is 29.7 Å². The Balaban J connectivity index is 1.59. The first kappa shape index (κ1) is 16.9. The molecule has 0 spiro atoms. The van der Waals surface area contributed by atoms with Gasteiger partial charge in [0.15, 0.2) is 0 Å². The molecule has 0 unspecified atom stereocenters. The van der Waals surface area contributed by atoms with Crippen molar-refractivity contribution in [2.45, 2.75) is 6.92 Å². The van der Waals surface area contributed by atoms with Gasteiger partial charge in [0, 0.05) is 21.8 Å². The Morgan fingerprint density at radius 1 is 1.04 bits per heavy atom. The Morgan fingerprint density at radius 2 is 1.85 bits per heavy atom. The van der Waals surface area contributed by atoms with Gasteiger partial charge in [-0.25, -0.2) is 4.98 Å². The second kappa shape index (κ2) is 7.02. The first-order valence-corrected chi connectivity index (χ1v) is 9.70. The second-order valence-electron chi connectivity index (χ2n) is 6.00. The third-order valence-electron chi connectivity index (χ3n) is 4.00.